The Morgan fingerprint density at radius 3 is 2.36 bits per heavy atom. The number of halogens is 1. The van der Waals surface area contributed by atoms with Gasteiger partial charge in [0.25, 0.3) is 0 Å². The van der Waals surface area contributed by atoms with Gasteiger partial charge in [-0.1, -0.05) is 59.8 Å². The predicted octanol–water partition coefficient (Wildman–Crippen LogP) is 6.58. The van der Waals surface area contributed by atoms with E-state index in [0.717, 1.165) is 33.1 Å². The van der Waals surface area contributed by atoms with Crippen molar-refractivity contribution in [2.24, 2.45) is 5.73 Å². The molecule has 0 unspecified atom stereocenters. The number of hydrogen-bond donors (Lipinski definition) is 1. The summed E-state index contributed by atoms with van der Waals surface area (Å²) in [7, 11) is 0. The highest BCUT2D eigenvalue weighted by molar-refractivity contribution is 6.20. The zero-order chi connectivity index (χ0) is 27.3. The maximum Gasteiger partial charge on any atom is 0.249 e. The van der Waals surface area contributed by atoms with E-state index in [2.05, 4.69) is 9.72 Å². The minimum absolute atomic E-state index is 0.263. The molecule has 0 fully saturated rings. The van der Waals surface area contributed by atoms with Crippen LogP contribution in [0.1, 0.15) is 43.3 Å². The van der Waals surface area contributed by atoms with Gasteiger partial charge in [-0.3, -0.25) is 9.59 Å². The van der Waals surface area contributed by atoms with Crippen molar-refractivity contribution in [3.63, 3.8) is 0 Å². The fourth-order valence-corrected chi connectivity index (χ4v) is 5.33. The lowest BCUT2D eigenvalue weighted by Gasteiger charge is -2.11. The lowest BCUT2D eigenvalue weighted by Crippen LogP contribution is -2.12. The Morgan fingerprint density at radius 2 is 1.67 bits per heavy atom. The molecule has 0 atom stereocenters. The van der Waals surface area contributed by atoms with Crippen LogP contribution in [0.15, 0.2) is 89.5 Å². The van der Waals surface area contributed by atoms with E-state index in [1.165, 1.54) is 18.2 Å². The lowest BCUT2D eigenvalue weighted by molar-refractivity contribution is 0.1000. The number of aromatic nitrogens is 2. The van der Waals surface area contributed by atoms with Crippen LogP contribution >= 0.6 is 0 Å². The Hall–Kier alpha value is -5.04. The number of carbonyl (C=O) groups is 2. The van der Waals surface area contributed by atoms with Crippen LogP contribution < -0.4 is 5.73 Å². The summed E-state index contributed by atoms with van der Waals surface area (Å²) in [6.45, 7) is 4.17. The van der Waals surface area contributed by atoms with E-state index in [0.29, 0.717) is 34.5 Å². The molecule has 0 saturated carbocycles. The van der Waals surface area contributed by atoms with E-state index in [1.54, 1.807) is 24.3 Å². The van der Waals surface area contributed by atoms with Gasteiger partial charge in [-0.25, -0.2) is 4.39 Å². The summed E-state index contributed by atoms with van der Waals surface area (Å²) in [5, 5.41) is 5.57. The van der Waals surface area contributed by atoms with Crippen molar-refractivity contribution in [1.82, 2.24) is 9.72 Å². The molecule has 6 aromatic rings. The second-order valence-corrected chi connectivity index (χ2v) is 9.62. The van der Waals surface area contributed by atoms with Gasteiger partial charge in [-0.2, -0.15) is 0 Å². The van der Waals surface area contributed by atoms with Gasteiger partial charge in [0.05, 0.1) is 16.7 Å². The molecule has 6 nitrogen and oxygen atoms in total. The summed E-state index contributed by atoms with van der Waals surface area (Å²) >= 11 is 0. The Balaban J connectivity index is 1.66. The second kappa shape index (κ2) is 9.36. The predicted molar refractivity (Wildman–Crippen MR) is 148 cm³/mol. The summed E-state index contributed by atoms with van der Waals surface area (Å²) in [5.41, 5.74) is 11.8. The molecule has 0 bridgehead atoms. The van der Waals surface area contributed by atoms with E-state index in [4.69, 9.17) is 10.3 Å². The molecule has 6 rings (SSSR count). The minimum atomic E-state index is -0.563. The molecule has 0 aliphatic heterocycles. The average molecular weight is 518 g/mol. The van der Waals surface area contributed by atoms with E-state index in [1.807, 2.05) is 56.3 Å². The maximum absolute atomic E-state index is 13.9. The third-order valence-electron chi connectivity index (χ3n) is 7.09. The van der Waals surface area contributed by atoms with Crippen molar-refractivity contribution < 1.29 is 18.5 Å². The Bertz CT molecular complexity index is 1900. The van der Waals surface area contributed by atoms with Crippen molar-refractivity contribution in [1.29, 1.82) is 0 Å². The number of carbonyl (C=O) groups excluding carboxylic acids is 2. The second-order valence-electron chi connectivity index (χ2n) is 9.62. The van der Waals surface area contributed by atoms with Gasteiger partial charge < -0.3 is 14.8 Å². The number of nitrogens with two attached hydrogens (primary N) is 1. The van der Waals surface area contributed by atoms with Gasteiger partial charge in [-0.15, -0.1) is 0 Å². The molecule has 2 heterocycles. The molecule has 0 aliphatic rings. The summed E-state index contributed by atoms with van der Waals surface area (Å²) in [4.78, 5) is 26.1. The fourth-order valence-electron chi connectivity index (χ4n) is 5.33. The van der Waals surface area contributed by atoms with Gasteiger partial charge >= 0.3 is 0 Å². The highest BCUT2D eigenvalue weighted by Gasteiger charge is 2.22. The van der Waals surface area contributed by atoms with Crippen LogP contribution in [-0.2, 0) is 6.54 Å². The number of amides is 1. The molecule has 0 radical (unpaired) electrons. The van der Waals surface area contributed by atoms with Crippen LogP contribution in [0.4, 0.5) is 4.39 Å². The van der Waals surface area contributed by atoms with Crippen LogP contribution in [-0.4, -0.2) is 21.4 Å². The molecule has 7 heteroatoms. The number of nitrogens with zero attached hydrogens (tertiary/aromatic N) is 2. The van der Waals surface area contributed by atoms with Gasteiger partial charge in [0.2, 0.25) is 5.91 Å². The zero-order valence-electron chi connectivity index (χ0n) is 21.4. The van der Waals surface area contributed by atoms with Gasteiger partial charge in [-0.05, 0) is 55.3 Å². The zero-order valence-corrected chi connectivity index (χ0v) is 21.4. The van der Waals surface area contributed by atoms with E-state index in [-0.39, 0.29) is 11.3 Å². The standard InChI is InChI=1S/C32H24FN3O3/c1-18-29(19(2)39-35-18)23-14-26(32(34)38)30-25-12-11-22(31(37)21-9-6-10-24(33)13-21)15-27(25)36(28(30)16-23)17-20-7-4-3-5-8-20/h3-16H,17H2,1-2H3,(H2,34,38). The third-order valence-corrected chi connectivity index (χ3v) is 7.09. The van der Waals surface area contributed by atoms with Crippen molar-refractivity contribution >= 4 is 33.5 Å². The first-order valence-corrected chi connectivity index (χ1v) is 12.5. The van der Waals surface area contributed by atoms with E-state index < -0.39 is 11.7 Å². The Kier molecular flexibility index (Phi) is 5.84. The highest BCUT2D eigenvalue weighted by Crippen LogP contribution is 2.38. The molecule has 0 saturated heterocycles. The quantitative estimate of drug-likeness (QED) is 0.253. The first-order valence-electron chi connectivity index (χ1n) is 12.5. The van der Waals surface area contributed by atoms with Crippen LogP contribution in [0.5, 0.6) is 0 Å². The largest absolute Gasteiger partial charge is 0.366 e. The number of primary amides is 1. The molecular weight excluding hydrogens is 493 g/mol. The van der Waals surface area contributed by atoms with Crippen LogP contribution in [0, 0.1) is 19.7 Å². The number of aryl methyl sites for hydroxylation is 2. The first-order chi connectivity index (χ1) is 18.8. The van der Waals surface area contributed by atoms with Crippen LogP contribution in [0.25, 0.3) is 32.9 Å². The lowest BCUT2D eigenvalue weighted by atomic mass is 9.96. The van der Waals surface area contributed by atoms with Gasteiger partial charge in [0.1, 0.15) is 11.6 Å². The molecule has 0 spiro atoms. The van der Waals surface area contributed by atoms with Gasteiger partial charge in [0.15, 0.2) is 5.78 Å². The van der Waals surface area contributed by atoms with Gasteiger partial charge in [0, 0.05) is 39.6 Å². The normalized spacial score (nSPS) is 11.4. The van der Waals surface area contributed by atoms with Crippen molar-refractivity contribution in [2.75, 3.05) is 0 Å². The third kappa shape index (κ3) is 4.18. The minimum Gasteiger partial charge on any atom is -0.366 e. The molecule has 1 amide bonds. The molecule has 39 heavy (non-hydrogen) atoms. The van der Waals surface area contributed by atoms with Crippen LogP contribution in [0.2, 0.25) is 0 Å². The topological polar surface area (TPSA) is 91.1 Å². The van der Waals surface area contributed by atoms with Crippen molar-refractivity contribution in [3.8, 4) is 11.1 Å². The SMILES string of the molecule is Cc1noc(C)c1-c1cc(C(N)=O)c2c3ccc(C(=O)c4cccc(F)c4)cc3n(Cc3ccccc3)c2c1. The first kappa shape index (κ1) is 24.3. The molecule has 2 N–H and O–H groups in total. The number of benzene rings is 4. The van der Waals surface area contributed by atoms with Crippen molar-refractivity contribution in [3.05, 3.63) is 124 Å². The number of hydrogen-bond acceptors (Lipinski definition) is 4. The Morgan fingerprint density at radius 1 is 0.897 bits per heavy atom. The number of rotatable bonds is 6. The smallest absolute Gasteiger partial charge is 0.249 e. The Labute approximate surface area is 223 Å². The highest BCUT2D eigenvalue weighted by atomic mass is 19.1. The number of ketones is 1. The monoisotopic (exact) mass is 517 g/mol. The molecule has 2 aromatic heterocycles. The molecular formula is C32H24FN3O3. The summed E-state index contributed by atoms with van der Waals surface area (Å²) in [6.07, 6.45) is 0. The average Bonchev–Trinajstić information content (AvgIpc) is 3.43. The summed E-state index contributed by atoms with van der Waals surface area (Å²) < 4.78 is 21.3. The van der Waals surface area contributed by atoms with E-state index >= 15 is 0 Å². The van der Waals surface area contributed by atoms with Crippen molar-refractivity contribution in [2.45, 2.75) is 20.4 Å². The van der Waals surface area contributed by atoms with E-state index in [9.17, 15) is 14.0 Å². The molecule has 0 aliphatic carbocycles. The fraction of sp³-hybridized carbons (Fsp3) is 0.0938. The molecule has 4 aromatic carbocycles. The molecule has 192 valence electrons. The summed E-state index contributed by atoms with van der Waals surface area (Å²) in [5.74, 6) is -0.694. The summed E-state index contributed by atoms with van der Waals surface area (Å²) in [6, 6.07) is 24.7. The number of fused-ring (bicyclic) bond motifs is 3. The van der Waals surface area contributed by atoms with Crippen LogP contribution in [0.3, 0.4) is 0 Å². The maximum atomic E-state index is 13.9.